The molecule has 0 saturated carbocycles. The summed E-state index contributed by atoms with van der Waals surface area (Å²) in [4.78, 5) is 37.9. The number of carbonyl (C=O) groups excluding carboxylic acids is 3. The van der Waals surface area contributed by atoms with Crippen molar-refractivity contribution in [1.29, 1.82) is 0 Å². The Kier molecular flexibility index (Phi) is 47.5. The Bertz CT molecular complexity index is 1330. The van der Waals surface area contributed by atoms with E-state index in [-0.39, 0.29) is 44.0 Å². The second-order valence-corrected chi connectivity index (χ2v) is 16.4. The standard InChI is InChI=1S/C57H92O6/c1-4-7-10-13-16-19-22-24-26-28-30-32-35-38-41-44-47-50-56(59)62-53-54(52-61-55(58)49-46-43-40-37-34-21-18-15-12-9-6-3)63-57(60)51-48-45-42-39-36-33-31-29-27-25-23-20-17-14-11-8-5-2/h15-16,18-19,21,24-27,30-34,38-39,41-42,54H,4-14,17,20,22-23,28-29,35-37,40,43-53H2,1-3H3/b18-15-,19-16-,26-24-,27-25-,32-30-,33-31-,34-21-,41-38-,42-39-. The summed E-state index contributed by atoms with van der Waals surface area (Å²) in [6.07, 6.45) is 68.0. The SMILES string of the molecule is CCCC/C=C\C=C/CCCCCC(=O)OCC(COC(=O)CCC/C=C\C/C=C\C/C=C\C/C=C\CCCCC)OC(=O)CCC/C=C\C/C=C\C/C=C\CCCCCCCC. The Balaban J connectivity index is 4.59. The van der Waals surface area contributed by atoms with Gasteiger partial charge in [0.2, 0.25) is 0 Å². The maximum atomic E-state index is 12.8. The van der Waals surface area contributed by atoms with Crippen molar-refractivity contribution in [3.8, 4) is 0 Å². The van der Waals surface area contributed by atoms with Crippen molar-refractivity contribution in [2.75, 3.05) is 13.2 Å². The van der Waals surface area contributed by atoms with E-state index in [0.717, 1.165) is 77.0 Å². The van der Waals surface area contributed by atoms with Gasteiger partial charge in [-0.05, 0) is 109 Å². The lowest BCUT2D eigenvalue weighted by Crippen LogP contribution is -2.30. The van der Waals surface area contributed by atoms with Crippen LogP contribution in [0.1, 0.15) is 213 Å². The molecule has 0 fully saturated rings. The van der Waals surface area contributed by atoms with Crippen LogP contribution < -0.4 is 0 Å². The van der Waals surface area contributed by atoms with E-state index in [4.69, 9.17) is 14.2 Å². The van der Waals surface area contributed by atoms with E-state index < -0.39 is 6.10 Å². The van der Waals surface area contributed by atoms with Crippen molar-refractivity contribution in [1.82, 2.24) is 0 Å². The molecule has 63 heavy (non-hydrogen) atoms. The predicted molar refractivity (Wildman–Crippen MR) is 270 cm³/mol. The molecule has 0 heterocycles. The summed E-state index contributed by atoms with van der Waals surface area (Å²) in [5.41, 5.74) is 0. The molecule has 0 amide bonds. The van der Waals surface area contributed by atoms with Gasteiger partial charge in [0.1, 0.15) is 13.2 Å². The highest BCUT2D eigenvalue weighted by molar-refractivity contribution is 5.71. The van der Waals surface area contributed by atoms with Gasteiger partial charge in [-0.3, -0.25) is 14.4 Å². The highest BCUT2D eigenvalue weighted by Gasteiger charge is 2.19. The number of unbranched alkanes of at least 4 members (excludes halogenated alkanes) is 16. The Morgan fingerprint density at radius 1 is 0.333 bits per heavy atom. The van der Waals surface area contributed by atoms with Crippen LogP contribution in [0, 0.1) is 0 Å². The van der Waals surface area contributed by atoms with Crippen LogP contribution in [-0.2, 0) is 28.6 Å². The highest BCUT2D eigenvalue weighted by atomic mass is 16.6. The first-order valence-corrected chi connectivity index (χ1v) is 25.4. The van der Waals surface area contributed by atoms with Gasteiger partial charge in [-0.1, -0.05) is 194 Å². The fourth-order valence-corrected chi connectivity index (χ4v) is 6.37. The summed E-state index contributed by atoms with van der Waals surface area (Å²) < 4.78 is 16.6. The molecular weight excluding hydrogens is 781 g/mol. The van der Waals surface area contributed by atoms with Gasteiger partial charge in [-0.25, -0.2) is 0 Å². The van der Waals surface area contributed by atoms with E-state index in [0.29, 0.717) is 19.3 Å². The van der Waals surface area contributed by atoms with Gasteiger partial charge in [-0.2, -0.15) is 0 Å². The number of carbonyl (C=O) groups is 3. The maximum absolute atomic E-state index is 12.8. The lowest BCUT2D eigenvalue weighted by Gasteiger charge is -2.18. The Labute approximate surface area is 387 Å². The molecule has 0 aromatic heterocycles. The lowest BCUT2D eigenvalue weighted by molar-refractivity contribution is -0.167. The van der Waals surface area contributed by atoms with Crippen molar-refractivity contribution >= 4 is 17.9 Å². The van der Waals surface area contributed by atoms with Crippen LogP contribution in [0.25, 0.3) is 0 Å². The number of hydrogen-bond donors (Lipinski definition) is 0. The van der Waals surface area contributed by atoms with Gasteiger partial charge in [0.05, 0.1) is 0 Å². The van der Waals surface area contributed by atoms with Crippen LogP contribution in [0.15, 0.2) is 109 Å². The quantitative estimate of drug-likeness (QED) is 0.0199. The molecule has 0 aromatic rings. The molecule has 0 aliphatic rings. The largest absolute Gasteiger partial charge is 0.462 e. The minimum absolute atomic E-state index is 0.131. The van der Waals surface area contributed by atoms with E-state index in [1.807, 2.05) is 0 Å². The Hall–Kier alpha value is -3.93. The average molecular weight is 873 g/mol. The molecule has 0 rings (SSSR count). The second kappa shape index (κ2) is 50.7. The van der Waals surface area contributed by atoms with Crippen LogP contribution >= 0.6 is 0 Å². The molecule has 1 unspecified atom stereocenters. The number of ether oxygens (including phenoxy) is 3. The zero-order chi connectivity index (χ0) is 45.8. The first kappa shape index (κ1) is 59.1. The van der Waals surface area contributed by atoms with Crippen molar-refractivity contribution < 1.29 is 28.6 Å². The highest BCUT2D eigenvalue weighted by Crippen LogP contribution is 2.10. The number of allylic oxidation sites excluding steroid dienone is 18. The normalized spacial score (nSPS) is 13.0. The summed E-state index contributed by atoms with van der Waals surface area (Å²) in [6, 6.07) is 0. The minimum atomic E-state index is -0.838. The third kappa shape index (κ3) is 49.0. The molecular formula is C57H92O6. The number of rotatable bonds is 44. The molecule has 6 heteroatoms. The van der Waals surface area contributed by atoms with Crippen LogP contribution in [-0.4, -0.2) is 37.2 Å². The Morgan fingerprint density at radius 3 is 1.13 bits per heavy atom. The van der Waals surface area contributed by atoms with Crippen molar-refractivity contribution in [2.24, 2.45) is 0 Å². The molecule has 0 bridgehead atoms. The molecule has 6 nitrogen and oxygen atoms in total. The minimum Gasteiger partial charge on any atom is -0.462 e. The maximum Gasteiger partial charge on any atom is 0.306 e. The summed E-state index contributed by atoms with van der Waals surface area (Å²) in [7, 11) is 0. The summed E-state index contributed by atoms with van der Waals surface area (Å²) in [6.45, 7) is 6.41. The first-order valence-electron chi connectivity index (χ1n) is 25.4. The fraction of sp³-hybridized carbons (Fsp3) is 0.632. The molecule has 0 aliphatic heterocycles. The molecule has 0 radical (unpaired) electrons. The average Bonchev–Trinajstić information content (AvgIpc) is 3.28. The molecule has 0 N–H and O–H groups in total. The van der Waals surface area contributed by atoms with Gasteiger partial charge in [0.25, 0.3) is 0 Å². The zero-order valence-electron chi connectivity index (χ0n) is 40.5. The van der Waals surface area contributed by atoms with E-state index in [2.05, 4.69) is 130 Å². The molecule has 1 atom stereocenters. The second-order valence-electron chi connectivity index (χ2n) is 16.4. The third-order valence-corrected chi connectivity index (χ3v) is 10.2. The van der Waals surface area contributed by atoms with Gasteiger partial charge in [0, 0.05) is 19.3 Å². The molecule has 0 aromatic carbocycles. The summed E-state index contributed by atoms with van der Waals surface area (Å²) in [5.74, 6) is -1.08. The van der Waals surface area contributed by atoms with Crippen LogP contribution in [0.5, 0.6) is 0 Å². The topological polar surface area (TPSA) is 78.9 Å². The van der Waals surface area contributed by atoms with E-state index >= 15 is 0 Å². The van der Waals surface area contributed by atoms with Crippen molar-refractivity contribution in [3.63, 3.8) is 0 Å². The first-order chi connectivity index (χ1) is 31.0. The predicted octanol–water partition coefficient (Wildman–Crippen LogP) is 16.8. The van der Waals surface area contributed by atoms with Crippen molar-refractivity contribution in [3.05, 3.63) is 109 Å². The number of esters is 3. The van der Waals surface area contributed by atoms with E-state index in [9.17, 15) is 14.4 Å². The molecule has 356 valence electrons. The monoisotopic (exact) mass is 873 g/mol. The van der Waals surface area contributed by atoms with Crippen molar-refractivity contribution in [2.45, 2.75) is 219 Å². The summed E-state index contributed by atoms with van der Waals surface area (Å²) in [5, 5.41) is 0. The van der Waals surface area contributed by atoms with E-state index in [1.165, 1.54) is 83.5 Å². The smallest absolute Gasteiger partial charge is 0.306 e. The van der Waals surface area contributed by atoms with Gasteiger partial charge < -0.3 is 14.2 Å². The van der Waals surface area contributed by atoms with Crippen LogP contribution in [0.4, 0.5) is 0 Å². The van der Waals surface area contributed by atoms with Crippen LogP contribution in [0.2, 0.25) is 0 Å². The zero-order valence-corrected chi connectivity index (χ0v) is 40.5. The lowest BCUT2D eigenvalue weighted by atomic mass is 10.1. The third-order valence-electron chi connectivity index (χ3n) is 10.2. The molecule has 0 saturated heterocycles. The van der Waals surface area contributed by atoms with Gasteiger partial charge >= 0.3 is 17.9 Å². The van der Waals surface area contributed by atoms with Crippen LogP contribution in [0.3, 0.4) is 0 Å². The number of hydrogen-bond acceptors (Lipinski definition) is 6. The van der Waals surface area contributed by atoms with Gasteiger partial charge in [0.15, 0.2) is 6.10 Å². The molecule has 0 spiro atoms. The van der Waals surface area contributed by atoms with Gasteiger partial charge in [-0.15, -0.1) is 0 Å². The summed E-state index contributed by atoms with van der Waals surface area (Å²) >= 11 is 0. The Morgan fingerprint density at radius 2 is 0.651 bits per heavy atom. The molecule has 0 aliphatic carbocycles. The van der Waals surface area contributed by atoms with E-state index in [1.54, 1.807) is 0 Å². The fourth-order valence-electron chi connectivity index (χ4n) is 6.37.